The predicted octanol–water partition coefficient (Wildman–Crippen LogP) is 22.3. The van der Waals surface area contributed by atoms with Crippen molar-refractivity contribution in [2.24, 2.45) is 0 Å². The van der Waals surface area contributed by atoms with E-state index in [1.54, 1.807) is 39.3 Å². The number of benzene rings is 6. The third kappa shape index (κ3) is 28.3. The molecular weight excluding hydrogens is 1480 g/mol. The lowest BCUT2D eigenvalue weighted by Gasteiger charge is -2.21. The average molecular weight is 1590 g/mol. The number of esters is 1. The van der Waals surface area contributed by atoms with Gasteiger partial charge in [-0.3, -0.25) is 51.6 Å². The van der Waals surface area contributed by atoms with Crippen molar-refractivity contribution < 1.29 is 78.9 Å². The van der Waals surface area contributed by atoms with E-state index in [-0.39, 0.29) is 68.0 Å². The van der Waals surface area contributed by atoms with Gasteiger partial charge in [0.1, 0.15) is 24.3 Å². The van der Waals surface area contributed by atoms with Gasteiger partial charge < -0.3 is 27.4 Å². The molecule has 9 rings (SSSR count). The number of carbonyl (C=O) groups is 6. The largest absolute Gasteiger partial charge is 0.463 e. The Kier molecular flexibility index (Phi) is 32.1. The molecular formula is C88H109O17P5. The van der Waals surface area contributed by atoms with Crippen LogP contribution in [0.15, 0.2) is 144 Å². The highest BCUT2D eigenvalue weighted by Gasteiger charge is 2.31. The van der Waals surface area contributed by atoms with E-state index in [2.05, 4.69) is 80.6 Å². The number of ketones is 5. The molecule has 3 aliphatic rings. The van der Waals surface area contributed by atoms with Gasteiger partial charge in [-0.15, -0.1) is 0 Å². The molecule has 0 radical (unpaired) electrons. The van der Waals surface area contributed by atoms with Crippen LogP contribution in [-0.2, 0) is 64.6 Å². The quantitative estimate of drug-likeness (QED) is 0.0158. The van der Waals surface area contributed by atoms with Crippen LogP contribution >= 0.6 is 36.8 Å². The lowest BCUT2D eigenvalue weighted by Crippen LogP contribution is -2.26. The van der Waals surface area contributed by atoms with Crippen LogP contribution in [0.3, 0.4) is 0 Å². The minimum atomic E-state index is -2.90. The van der Waals surface area contributed by atoms with Gasteiger partial charge in [0.15, 0.2) is 54.2 Å². The van der Waals surface area contributed by atoms with Crippen molar-refractivity contribution in [1.29, 1.82) is 0 Å². The third-order valence-electron chi connectivity index (χ3n) is 18.5. The average Bonchev–Trinajstić information content (AvgIpc) is 1.63. The maximum Gasteiger partial charge on any atom is 0.310 e. The molecule has 6 aromatic carbocycles. The number of aryl methyl sites for hydroxylation is 3. The van der Waals surface area contributed by atoms with E-state index in [1.807, 2.05) is 94.4 Å². The topological polar surface area (TPSA) is 243 Å². The van der Waals surface area contributed by atoms with Crippen LogP contribution in [0.5, 0.6) is 0 Å². The Labute approximate surface area is 651 Å². The van der Waals surface area contributed by atoms with E-state index in [0.717, 1.165) is 131 Å². The Morgan fingerprint density at radius 1 is 0.355 bits per heavy atom. The number of hydrogen-bond donors (Lipinski definition) is 0. The fraction of sp³-hybridized carbons (Fsp3) is 0.386. The molecule has 0 N–H and O–H groups in total. The monoisotopic (exact) mass is 1590 g/mol. The smallest absolute Gasteiger partial charge is 0.310 e. The Hall–Kier alpha value is -7.47. The van der Waals surface area contributed by atoms with Crippen LogP contribution < -0.4 is 0 Å². The van der Waals surface area contributed by atoms with Crippen molar-refractivity contribution in [2.45, 2.75) is 132 Å². The van der Waals surface area contributed by atoms with Crippen LogP contribution in [0.1, 0.15) is 197 Å². The van der Waals surface area contributed by atoms with E-state index in [0.29, 0.717) is 42.6 Å². The molecule has 22 heteroatoms. The summed E-state index contributed by atoms with van der Waals surface area (Å²) in [5.74, 6) is -0.0639. The maximum atomic E-state index is 13.2. The van der Waals surface area contributed by atoms with Crippen LogP contribution in [0.25, 0.3) is 51.7 Å². The summed E-state index contributed by atoms with van der Waals surface area (Å²) in [6.07, 6.45) is 9.31. The van der Waals surface area contributed by atoms with Crippen molar-refractivity contribution >= 4 is 123 Å². The lowest BCUT2D eigenvalue weighted by molar-refractivity contribution is -0.145. The van der Waals surface area contributed by atoms with Gasteiger partial charge in [0, 0.05) is 109 Å². The molecule has 588 valence electrons. The van der Waals surface area contributed by atoms with E-state index in [1.165, 1.54) is 65.8 Å². The SMILES string of the molecule is CC(=O)c1ccc(C=C2C(C)=C(CC(=O)CCC(COP(C)(C)=O)OP(C)(C)=O)c3cc(C)ccc32)cc1.CC(=O)c1ccc(C=C2C(C)=C(CC(=O)CCCCCOP(C)(C)=O)c3cc(C)ccc32)cc1.CC(=O)c1ccc(C=C2C(C)=C(CC(=O)OCC(COP(C)(C)=O)OP(C)(C)=O)c3cc(C)ccc32)cc1. The number of ether oxygens (including phenoxy) is 1. The first-order chi connectivity index (χ1) is 51.3. The standard InChI is InChI=1S/C30H38O6P2.C29H36O7P2.C29H35O4P/c1-20-8-15-27-28(17-23-9-11-24(12-10-23)22(3)31)21(2)29(30(27)16-20)18-25(32)13-14-26(36-38(6,7)34)19-35-37(4,5)33;1-19-8-13-25-26(15-22-9-11-23(12-10-22)21(3)30)20(2)27(28(25)14-19)16-29(31)34-17-24(36-38(6,7)33)18-35-37(4,5)32;1-20-10-15-26-27(18-23-11-13-24(14-12-23)22(3)30)21(2)28(29(26)17-20)19-25(31)9-7-6-8-16-33-34(4,5)32/h8-12,15-17,26H,13-14,18-19H2,1-7H3;8-15,24H,16-18H2,1-7H3;10-15,17-18H,6-9,16,19H2,1-5H3. The zero-order valence-electron chi connectivity index (χ0n) is 67.4. The van der Waals surface area contributed by atoms with Crippen molar-refractivity contribution in [3.05, 3.63) is 228 Å². The number of hydrogen-bond acceptors (Lipinski definition) is 17. The molecule has 17 nitrogen and oxygen atoms in total. The summed E-state index contributed by atoms with van der Waals surface area (Å²) in [6, 6.07) is 41.4. The van der Waals surface area contributed by atoms with Gasteiger partial charge in [-0.2, -0.15) is 0 Å². The Balaban J connectivity index is 0.000000230. The summed E-state index contributed by atoms with van der Waals surface area (Å²) in [5.41, 5.74) is 24.1. The molecule has 0 saturated carbocycles. The van der Waals surface area contributed by atoms with Crippen molar-refractivity contribution in [3.63, 3.8) is 0 Å². The molecule has 2 atom stereocenters. The van der Waals surface area contributed by atoms with Gasteiger partial charge in [-0.05, 0) is 200 Å². The highest BCUT2D eigenvalue weighted by Crippen LogP contribution is 2.49. The van der Waals surface area contributed by atoms with Gasteiger partial charge in [-0.1, -0.05) is 151 Å². The number of fused-ring (bicyclic) bond motifs is 3. The van der Waals surface area contributed by atoms with Gasteiger partial charge in [0.2, 0.25) is 0 Å². The minimum Gasteiger partial charge on any atom is -0.463 e. The molecule has 3 aliphatic carbocycles. The second-order valence-electron chi connectivity index (χ2n) is 30.4. The van der Waals surface area contributed by atoms with E-state index in [9.17, 15) is 51.6 Å². The predicted molar refractivity (Wildman–Crippen MR) is 452 cm³/mol. The first-order valence-corrected chi connectivity index (χ1v) is 49.6. The minimum absolute atomic E-state index is 0.0149. The highest BCUT2D eigenvalue weighted by atomic mass is 31.2. The number of rotatable bonds is 34. The van der Waals surface area contributed by atoms with Crippen molar-refractivity contribution in [3.8, 4) is 0 Å². The molecule has 0 aromatic heterocycles. The van der Waals surface area contributed by atoms with Crippen molar-refractivity contribution in [1.82, 2.24) is 0 Å². The van der Waals surface area contributed by atoms with Crippen LogP contribution in [0.4, 0.5) is 0 Å². The maximum absolute atomic E-state index is 13.2. The fourth-order valence-electron chi connectivity index (χ4n) is 13.0. The van der Waals surface area contributed by atoms with Gasteiger partial charge in [0.05, 0.1) is 32.3 Å². The van der Waals surface area contributed by atoms with E-state index in [4.69, 9.17) is 27.4 Å². The zero-order chi connectivity index (χ0) is 81.4. The van der Waals surface area contributed by atoms with Crippen molar-refractivity contribution in [2.75, 3.05) is 93.1 Å². The van der Waals surface area contributed by atoms with E-state index >= 15 is 0 Å². The first-order valence-electron chi connectivity index (χ1n) is 37.0. The molecule has 0 fully saturated rings. The number of Topliss-reactive ketones (excluding diaryl/α,β-unsaturated/α-hetero) is 5. The number of allylic oxidation sites excluding steroid dienone is 8. The molecule has 0 amide bonds. The van der Waals surface area contributed by atoms with Crippen LogP contribution in [0.2, 0.25) is 0 Å². The fourth-order valence-corrected chi connectivity index (χ4v) is 16.3. The van der Waals surface area contributed by atoms with Gasteiger partial charge in [-0.25, -0.2) is 0 Å². The van der Waals surface area contributed by atoms with Gasteiger partial charge in [0.25, 0.3) is 0 Å². The van der Waals surface area contributed by atoms with E-state index < -0.39 is 55.0 Å². The highest BCUT2D eigenvalue weighted by molar-refractivity contribution is 7.58. The summed E-state index contributed by atoms with van der Waals surface area (Å²) < 4.78 is 92.9. The second-order valence-corrected chi connectivity index (χ2v) is 44.2. The van der Waals surface area contributed by atoms with Crippen LogP contribution in [-0.4, -0.2) is 140 Å². The molecule has 0 saturated heterocycles. The molecule has 0 bridgehead atoms. The third-order valence-corrected chi connectivity index (χ3v) is 22.5. The first kappa shape index (κ1) is 89.7. The Bertz CT molecular complexity index is 4690. The molecule has 0 heterocycles. The molecule has 0 spiro atoms. The van der Waals surface area contributed by atoms with Gasteiger partial charge >= 0.3 is 5.97 Å². The number of carbonyl (C=O) groups excluding carboxylic acids is 6. The van der Waals surface area contributed by atoms with Crippen LogP contribution in [0, 0.1) is 20.8 Å². The summed E-state index contributed by atoms with van der Waals surface area (Å²) in [7, 11) is -13.7. The normalized spacial score (nSPS) is 15.2. The molecule has 6 aromatic rings. The summed E-state index contributed by atoms with van der Waals surface area (Å²) in [4.78, 5) is 73.8. The number of unbranched alkanes of at least 4 members (excludes halogenated alkanes) is 2. The second kappa shape index (κ2) is 39.3. The summed E-state index contributed by atoms with van der Waals surface area (Å²) in [6.45, 7) is 32.4. The molecule has 2 unspecified atom stereocenters. The molecule has 0 aliphatic heterocycles. The molecule has 110 heavy (non-hydrogen) atoms. The summed E-state index contributed by atoms with van der Waals surface area (Å²) in [5, 5.41) is 0. The Morgan fingerprint density at radius 3 is 1.02 bits per heavy atom. The zero-order valence-corrected chi connectivity index (χ0v) is 71.9. The lowest BCUT2D eigenvalue weighted by atomic mass is 9.97. The summed E-state index contributed by atoms with van der Waals surface area (Å²) >= 11 is 0. The Morgan fingerprint density at radius 2 is 0.682 bits per heavy atom.